The zero-order valence-corrected chi connectivity index (χ0v) is 13.2. The van der Waals surface area contributed by atoms with Gasteiger partial charge in [0, 0.05) is 5.56 Å². The standard InChI is InChI=1S/C19H18F2O3/c1-22-15-9-7-13(8-10-15)16-17(18(16,20)21)19(23-11-12-24-19)14-5-3-2-4-6-14/h2-10,16-17H,11-12H2,1H3. The lowest BCUT2D eigenvalue weighted by atomic mass is 9.97. The van der Waals surface area contributed by atoms with Gasteiger partial charge in [0.1, 0.15) is 5.75 Å². The molecule has 0 N–H and O–H groups in total. The van der Waals surface area contributed by atoms with E-state index in [1.807, 2.05) is 18.2 Å². The maximum atomic E-state index is 14.7. The number of ether oxygens (including phenoxy) is 3. The summed E-state index contributed by atoms with van der Waals surface area (Å²) in [4.78, 5) is 0. The van der Waals surface area contributed by atoms with Crippen molar-refractivity contribution in [2.75, 3.05) is 20.3 Å². The van der Waals surface area contributed by atoms with Crippen molar-refractivity contribution in [2.24, 2.45) is 5.92 Å². The first kappa shape index (κ1) is 15.5. The fourth-order valence-electron chi connectivity index (χ4n) is 3.65. The molecule has 0 amide bonds. The van der Waals surface area contributed by atoms with E-state index >= 15 is 0 Å². The summed E-state index contributed by atoms with van der Waals surface area (Å²) in [6.45, 7) is 0.633. The van der Waals surface area contributed by atoms with E-state index in [1.54, 1.807) is 43.5 Å². The van der Waals surface area contributed by atoms with Crippen molar-refractivity contribution < 1.29 is 23.0 Å². The van der Waals surface area contributed by atoms with Crippen molar-refractivity contribution in [1.82, 2.24) is 0 Å². The Labute approximate surface area is 139 Å². The smallest absolute Gasteiger partial charge is 0.264 e. The number of hydrogen-bond donors (Lipinski definition) is 0. The number of rotatable bonds is 4. The molecule has 24 heavy (non-hydrogen) atoms. The molecule has 2 fully saturated rings. The van der Waals surface area contributed by atoms with E-state index in [-0.39, 0.29) is 0 Å². The van der Waals surface area contributed by atoms with Crippen LogP contribution in [0.3, 0.4) is 0 Å². The topological polar surface area (TPSA) is 27.7 Å². The second kappa shape index (κ2) is 5.53. The predicted octanol–water partition coefficient (Wildman–Crippen LogP) is 3.94. The third kappa shape index (κ3) is 2.23. The SMILES string of the molecule is COc1ccc(C2C(C3(c4ccccc4)OCCO3)C2(F)F)cc1. The Morgan fingerprint density at radius 2 is 1.58 bits per heavy atom. The van der Waals surface area contributed by atoms with Crippen LogP contribution in [0, 0.1) is 5.92 Å². The summed E-state index contributed by atoms with van der Waals surface area (Å²) < 4.78 is 46.1. The second-order valence-corrected chi connectivity index (χ2v) is 6.13. The van der Waals surface area contributed by atoms with Gasteiger partial charge in [-0.2, -0.15) is 0 Å². The minimum Gasteiger partial charge on any atom is -0.497 e. The first-order valence-electron chi connectivity index (χ1n) is 7.95. The fourth-order valence-corrected chi connectivity index (χ4v) is 3.65. The number of halogens is 2. The van der Waals surface area contributed by atoms with Gasteiger partial charge >= 0.3 is 0 Å². The summed E-state index contributed by atoms with van der Waals surface area (Å²) in [5.74, 6) is -5.58. The maximum Gasteiger partial charge on any atom is 0.264 e. The van der Waals surface area contributed by atoms with Gasteiger partial charge in [-0.25, -0.2) is 8.78 Å². The van der Waals surface area contributed by atoms with Crippen molar-refractivity contribution in [1.29, 1.82) is 0 Å². The Hall–Kier alpha value is -1.98. The molecule has 0 bridgehead atoms. The lowest BCUT2D eigenvalue weighted by molar-refractivity contribution is -0.198. The van der Waals surface area contributed by atoms with Crippen molar-refractivity contribution in [3.05, 3.63) is 65.7 Å². The Morgan fingerprint density at radius 3 is 2.17 bits per heavy atom. The van der Waals surface area contributed by atoms with Gasteiger partial charge in [0.05, 0.1) is 32.2 Å². The molecule has 0 radical (unpaired) electrons. The van der Waals surface area contributed by atoms with Crippen molar-refractivity contribution in [2.45, 2.75) is 17.6 Å². The molecule has 0 spiro atoms. The molecule has 2 aromatic rings. The van der Waals surface area contributed by atoms with Crippen LogP contribution in [0.1, 0.15) is 17.0 Å². The number of methoxy groups -OCH3 is 1. The monoisotopic (exact) mass is 332 g/mol. The lowest BCUT2D eigenvalue weighted by Gasteiger charge is -2.28. The largest absolute Gasteiger partial charge is 0.497 e. The average Bonchev–Trinajstić information content (AvgIpc) is 2.98. The van der Waals surface area contributed by atoms with Gasteiger partial charge in [0.25, 0.3) is 5.92 Å². The molecule has 1 saturated carbocycles. The van der Waals surface area contributed by atoms with E-state index in [1.165, 1.54) is 0 Å². The van der Waals surface area contributed by atoms with Crippen LogP contribution in [0.5, 0.6) is 5.75 Å². The molecule has 4 rings (SSSR count). The minimum absolute atomic E-state index is 0.316. The Kier molecular flexibility index (Phi) is 3.58. The van der Waals surface area contributed by atoms with Gasteiger partial charge < -0.3 is 14.2 Å². The molecule has 1 aliphatic carbocycles. The molecular weight excluding hydrogens is 314 g/mol. The molecule has 126 valence electrons. The fraction of sp³-hybridized carbons (Fsp3) is 0.368. The summed E-state index contributed by atoms with van der Waals surface area (Å²) in [6.07, 6.45) is 0. The molecule has 2 atom stereocenters. The Morgan fingerprint density at radius 1 is 0.958 bits per heavy atom. The van der Waals surface area contributed by atoms with E-state index in [2.05, 4.69) is 0 Å². The molecule has 1 aliphatic heterocycles. The summed E-state index contributed by atoms with van der Waals surface area (Å²) in [6, 6.07) is 15.8. The first-order valence-corrected chi connectivity index (χ1v) is 7.95. The Balaban J connectivity index is 1.71. The quantitative estimate of drug-likeness (QED) is 0.849. The number of benzene rings is 2. The molecule has 2 aliphatic rings. The summed E-state index contributed by atoms with van der Waals surface area (Å²) in [7, 11) is 1.55. The van der Waals surface area contributed by atoms with Crippen LogP contribution in [-0.2, 0) is 15.3 Å². The van der Waals surface area contributed by atoms with E-state index < -0.39 is 23.5 Å². The third-order valence-corrected chi connectivity index (χ3v) is 4.83. The molecule has 2 aromatic carbocycles. The van der Waals surface area contributed by atoms with Gasteiger partial charge in [0.2, 0.25) is 5.79 Å². The zero-order chi connectivity index (χ0) is 16.8. The Bertz CT molecular complexity index is 709. The molecule has 0 aromatic heterocycles. The summed E-state index contributed by atoms with van der Waals surface area (Å²) in [5, 5.41) is 0. The molecular formula is C19H18F2O3. The molecule has 2 unspecified atom stereocenters. The highest BCUT2D eigenvalue weighted by molar-refractivity contribution is 5.40. The summed E-state index contributed by atoms with van der Waals surface area (Å²) in [5.41, 5.74) is 1.21. The highest BCUT2D eigenvalue weighted by Gasteiger charge is 2.78. The third-order valence-electron chi connectivity index (χ3n) is 4.83. The van der Waals surface area contributed by atoms with Crippen LogP contribution in [0.4, 0.5) is 8.78 Å². The van der Waals surface area contributed by atoms with Gasteiger partial charge in [-0.3, -0.25) is 0 Å². The van der Waals surface area contributed by atoms with Crippen molar-refractivity contribution in [3.8, 4) is 5.75 Å². The van der Waals surface area contributed by atoms with Crippen molar-refractivity contribution in [3.63, 3.8) is 0 Å². The van der Waals surface area contributed by atoms with Gasteiger partial charge in [-0.05, 0) is 17.7 Å². The lowest BCUT2D eigenvalue weighted by Crippen LogP contribution is -2.32. The average molecular weight is 332 g/mol. The van der Waals surface area contributed by atoms with Gasteiger partial charge in [-0.1, -0.05) is 42.5 Å². The zero-order valence-electron chi connectivity index (χ0n) is 13.2. The molecule has 1 saturated heterocycles. The highest BCUT2D eigenvalue weighted by Crippen LogP contribution is 2.69. The van der Waals surface area contributed by atoms with Crippen LogP contribution >= 0.6 is 0 Å². The summed E-state index contributed by atoms with van der Waals surface area (Å²) >= 11 is 0. The van der Waals surface area contributed by atoms with Gasteiger partial charge in [-0.15, -0.1) is 0 Å². The van der Waals surface area contributed by atoms with Crippen LogP contribution in [-0.4, -0.2) is 26.2 Å². The molecule has 3 nitrogen and oxygen atoms in total. The van der Waals surface area contributed by atoms with Crippen LogP contribution in [0.25, 0.3) is 0 Å². The first-order chi connectivity index (χ1) is 11.6. The van der Waals surface area contributed by atoms with E-state index in [0.29, 0.717) is 30.1 Å². The van der Waals surface area contributed by atoms with Gasteiger partial charge in [0.15, 0.2) is 0 Å². The van der Waals surface area contributed by atoms with E-state index in [9.17, 15) is 8.78 Å². The minimum atomic E-state index is -2.88. The van der Waals surface area contributed by atoms with Crippen LogP contribution < -0.4 is 4.74 Å². The van der Waals surface area contributed by atoms with E-state index in [0.717, 1.165) is 0 Å². The highest BCUT2D eigenvalue weighted by atomic mass is 19.3. The number of hydrogen-bond acceptors (Lipinski definition) is 3. The predicted molar refractivity (Wildman–Crippen MR) is 84.2 cm³/mol. The normalized spacial score (nSPS) is 27.0. The van der Waals surface area contributed by atoms with Crippen LogP contribution in [0.15, 0.2) is 54.6 Å². The maximum absolute atomic E-state index is 14.7. The van der Waals surface area contributed by atoms with E-state index in [4.69, 9.17) is 14.2 Å². The van der Waals surface area contributed by atoms with Crippen molar-refractivity contribution >= 4 is 0 Å². The molecule has 5 heteroatoms. The second-order valence-electron chi connectivity index (χ2n) is 6.13. The van der Waals surface area contributed by atoms with Crippen LogP contribution in [0.2, 0.25) is 0 Å². The molecule has 1 heterocycles. The number of alkyl halides is 2.